The number of sulfone groups is 1. The Bertz CT molecular complexity index is 1180. The van der Waals surface area contributed by atoms with Crippen LogP contribution in [0.25, 0.3) is 11.4 Å². The fourth-order valence-electron chi connectivity index (χ4n) is 4.65. The third kappa shape index (κ3) is 5.18. The van der Waals surface area contributed by atoms with Crippen LogP contribution in [-0.2, 0) is 19.3 Å². The van der Waals surface area contributed by atoms with E-state index in [1.54, 1.807) is 38.1 Å². The summed E-state index contributed by atoms with van der Waals surface area (Å²) in [5, 5.41) is 14.5. The molecule has 2 atom stereocenters. The largest absolute Gasteiger partial charge is 0.394 e. The predicted octanol–water partition coefficient (Wildman–Crippen LogP) is 2.68. The fraction of sp³-hybridized carbons (Fsp3) is 0.560. The maximum Gasteiger partial charge on any atom is 0.319 e. The van der Waals surface area contributed by atoms with Gasteiger partial charge in [-0.05, 0) is 57.4 Å². The number of rotatable bonds is 8. The molecule has 2 aromatic rings. The lowest BCUT2D eigenvalue weighted by molar-refractivity contribution is 0.0985. The maximum atomic E-state index is 13.2. The number of nitrogens with one attached hydrogen (secondary N) is 2. The molecular weight excluding hydrogens is 482 g/mol. The number of amides is 2. The molecule has 2 heterocycles. The summed E-state index contributed by atoms with van der Waals surface area (Å²) in [4.78, 5) is 23.9. The molecule has 0 unspecified atom stereocenters. The number of ether oxygens (including phenoxy) is 1. The van der Waals surface area contributed by atoms with E-state index in [-0.39, 0.29) is 24.4 Å². The highest BCUT2D eigenvalue weighted by atomic mass is 32.2. The fourth-order valence-corrected chi connectivity index (χ4v) is 6.54. The van der Waals surface area contributed by atoms with Crippen molar-refractivity contribution in [1.82, 2.24) is 15.3 Å². The van der Waals surface area contributed by atoms with E-state index < -0.39 is 20.6 Å². The van der Waals surface area contributed by atoms with Crippen molar-refractivity contribution >= 4 is 27.4 Å². The first kappa shape index (κ1) is 26.3. The van der Waals surface area contributed by atoms with Gasteiger partial charge < -0.3 is 25.4 Å². The van der Waals surface area contributed by atoms with Crippen LogP contribution in [0.3, 0.4) is 0 Å². The number of benzene rings is 1. The molecule has 0 bridgehead atoms. The number of hydrogen-bond donors (Lipinski definition) is 3. The van der Waals surface area contributed by atoms with Gasteiger partial charge in [0.1, 0.15) is 10.6 Å². The summed E-state index contributed by atoms with van der Waals surface area (Å²) in [6.45, 7) is 7.11. The number of nitrogens with zero attached hydrogens (tertiary/aromatic N) is 3. The summed E-state index contributed by atoms with van der Waals surface area (Å²) in [6.07, 6.45) is 1.96. The topological polar surface area (TPSA) is 134 Å². The van der Waals surface area contributed by atoms with Crippen LogP contribution in [0.4, 0.5) is 16.3 Å². The molecule has 1 saturated carbocycles. The van der Waals surface area contributed by atoms with Crippen LogP contribution in [0.2, 0.25) is 0 Å². The minimum Gasteiger partial charge on any atom is -0.394 e. The molecule has 3 N–H and O–H groups in total. The van der Waals surface area contributed by atoms with E-state index in [1.165, 1.54) is 0 Å². The number of aliphatic hydroxyl groups is 1. The van der Waals surface area contributed by atoms with Gasteiger partial charge in [0.25, 0.3) is 0 Å². The van der Waals surface area contributed by atoms with E-state index in [2.05, 4.69) is 22.5 Å². The maximum absolute atomic E-state index is 13.2. The van der Waals surface area contributed by atoms with Crippen LogP contribution in [0, 0.1) is 0 Å². The van der Waals surface area contributed by atoms with E-state index in [0.29, 0.717) is 55.6 Å². The second-order valence-electron chi connectivity index (χ2n) is 9.56. The van der Waals surface area contributed by atoms with Gasteiger partial charge in [-0.1, -0.05) is 6.92 Å². The van der Waals surface area contributed by atoms with Crippen LogP contribution in [0.5, 0.6) is 0 Å². The molecule has 1 aliphatic carbocycles. The number of anilines is 2. The van der Waals surface area contributed by atoms with E-state index >= 15 is 0 Å². The Hall–Kier alpha value is -2.76. The molecule has 0 radical (unpaired) electrons. The van der Waals surface area contributed by atoms with Crippen molar-refractivity contribution in [1.29, 1.82) is 0 Å². The van der Waals surface area contributed by atoms with Crippen LogP contribution >= 0.6 is 0 Å². The highest BCUT2D eigenvalue weighted by Crippen LogP contribution is 2.48. The molecule has 2 amide bonds. The molecule has 2 fully saturated rings. The normalized spacial score (nSPS) is 20.3. The number of aromatic nitrogens is 2. The van der Waals surface area contributed by atoms with Crippen molar-refractivity contribution < 1.29 is 23.1 Å². The Morgan fingerprint density at radius 1 is 1.28 bits per heavy atom. The van der Waals surface area contributed by atoms with Crippen molar-refractivity contribution in [2.24, 2.45) is 0 Å². The van der Waals surface area contributed by atoms with Crippen LogP contribution in [0.1, 0.15) is 45.7 Å². The first-order chi connectivity index (χ1) is 17.2. The number of carbonyl (C=O) groups is 1. The van der Waals surface area contributed by atoms with Gasteiger partial charge in [-0.25, -0.2) is 23.2 Å². The van der Waals surface area contributed by atoms with E-state index in [1.807, 2.05) is 6.07 Å². The molecule has 1 aromatic carbocycles. The van der Waals surface area contributed by atoms with Crippen LogP contribution < -0.4 is 15.5 Å². The van der Waals surface area contributed by atoms with Gasteiger partial charge in [-0.2, -0.15) is 0 Å². The number of carbonyl (C=O) groups excluding carboxylic acids is 1. The van der Waals surface area contributed by atoms with Gasteiger partial charge in [-0.3, -0.25) is 0 Å². The van der Waals surface area contributed by atoms with Crippen molar-refractivity contribution in [2.45, 2.75) is 56.9 Å². The second kappa shape index (κ2) is 10.7. The van der Waals surface area contributed by atoms with Gasteiger partial charge >= 0.3 is 6.03 Å². The van der Waals surface area contributed by atoms with Gasteiger partial charge in [0.05, 0.1) is 37.6 Å². The minimum absolute atomic E-state index is 0.0625. The van der Waals surface area contributed by atoms with Crippen molar-refractivity contribution in [2.75, 3.05) is 42.3 Å². The van der Waals surface area contributed by atoms with Gasteiger partial charge in [0.15, 0.2) is 15.7 Å². The molecule has 196 valence electrons. The Morgan fingerprint density at radius 2 is 2.00 bits per heavy atom. The lowest BCUT2D eigenvalue weighted by Gasteiger charge is -2.41. The zero-order valence-electron chi connectivity index (χ0n) is 21.0. The van der Waals surface area contributed by atoms with Crippen molar-refractivity contribution in [3.05, 3.63) is 36.0 Å². The average molecular weight is 518 g/mol. The van der Waals surface area contributed by atoms with E-state index in [4.69, 9.17) is 19.8 Å². The first-order valence-corrected chi connectivity index (χ1v) is 14.1. The molecule has 11 heteroatoms. The zero-order chi connectivity index (χ0) is 25.9. The highest BCUT2D eigenvalue weighted by Gasteiger charge is 2.51. The molecule has 0 spiro atoms. The summed E-state index contributed by atoms with van der Waals surface area (Å²) in [6, 6.07) is 8.27. The lowest BCUT2D eigenvalue weighted by Crippen LogP contribution is -2.46. The third-order valence-electron chi connectivity index (χ3n) is 7.03. The Kier molecular flexibility index (Phi) is 7.82. The van der Waals surface area contributed by atoms with Crippen LogP contribution in [-0.4, -0.2) is 73.7 Å². The third-order valence-corrected chi connectivity index (χ3v) is 9.60. The SMILES string of the molecule is CCS(=O)(=O)C1(c2cc(N3CCOC[C@@H]3C)nc(-c3ccc(NC(=O)N[C@H](C)CO)cc3)n2)CCC1. The first-order valence-electron chi connectivity index (χ1n) is 12.4. The molecule has 36 heavy (non-hydrogen) atoms. The van der Waals surface area contributed by atoms with Crippen LogP contribution in [0.15, 0.2) is 30.3 Å². The molecule has 1 aromatic heterocycles. The number of hydrogen-bond acceptors (Lipinski definition) is 8. The van der Waals surface area contributed by atoms with Crippen molar-refractivity contribution in [3.63, 3.8) is 0 Å². The highest BCUT2D eigenvalue weighted by molar-refractivity contribution is 7.92. The summed E-state index contributed by atoms with van der Waals surface area (Å²) >= 11 is 0. The smallest absolute Gasteiger partial charge is 0.319 e. The number of aliphatic hydroxyl groups excluding tert-OH is 1. The number of morpholine rings is 1. The molecule has 1 saturated heterocycles. The molecular formula is C25H35N5O5S. The molecule has 2 aliphatic rings. The standard InChI is InChI=1S/C25H35N5O5S/c1-4-36(33,34)25(10-5-11-25)21-14-22(30-12-13-35-16-18(30)3)29-23(28-21)19-6-8-20(9-7-19)27-24(32)26-17(2)15-31/h6-9,14,17-18,31H,4-5,10-13,15-16H2,1-3H3,(H2,26,27,32)/t17-,18+/m1/s1. The monoisotopic (exact) mass is 517 g/mol. The average Bonchev–Trinajstić information content (AvgIpc) is 2.83. The van der Waals surface area contributed by atoms with E-state index in [9.17, 15) is 13.2 Å². The molecule has 10 nitrogen and oxygen atoms in total. The zero-order valence-corrected chi connectivity index (χ0v) is 21.8. The van der Waals surface area contributed by atoms with Crippen molar-refractivity contribution in [3.8, 4) is 11.4 Å². The Labute approximate surface area is 212 Å². The second-order valence-corrected chi connectivity index (χ2v) is 12.2. The molecule has 1 aliphatic heterocycles. The predicted molar refractivity (Wildman–Crippen MR) is 139 cm³/mol. The van der Waals surface area contributed by atoms with Gasteiger partial charge in [0, 0.05) is 29.6 Å². The lowest BCUT2D eigenvalue weighted by atomic mass is 9.81. The summed E-state index contributed by atoms with van der Waals surface area (Å²) < 4.78 is 31.0. The summed E-state index contributed by atoms with van der Waals surface area (Å²) in [5.41, 5.74) is 1.84. The molecule has 4 rings (SSSR count). The van der Waals surface area contributed by atoms with Gasteiger partial charge in [-0.15, -0.1) is 0 Å². The quantitative estimate of drug-likeness (QED) is 0.487. The van der Waals surface area contributed by atoms with Gasteiger partial charge in [0.2, 0.25) is 0 Å². The Morgan fingerprint density at radius 3 is 2.58 bits per heavy atom. The Balaban J connectivity index is 1.70. The number of urea groups is 1. The van der Waals surface area contributed by atoms with E-state index in [0.717, 1.165) is 12.0 Å². The minimum atomic E-state index is -3.37. The summed E-state index contributed by atoms with van der Waals surface area (Å²) in [7, 11) is -3.37. The summed E-state index contributed by atoms with van der Waals surface area (Å²) in [5.74, 6) is 1.21.